The van der Waals surface area contributed by atoms with Crippen LogP contribution in [0.2, 0.25) is 0 Å². The predicted molar refractivity (Wildman–Crippen MR) is 255 cm³/mol. The van der Waals surface area contributed by atoms with Gasteiger partial charge in [0.05, 0.1) is 42.8 Å². The molecule has 0 atom stereocenters. The third-order valence-corrected chi connectivity index (χ3v) is 11.5. The minimum atomic E-state index is -0.514. The Morgan fingerprint density at radius 2 is 1.30 bits per heavy atom. The maximum absolute atomic E-state index is 8.83. The average molecular weight is 805 g/mol. The molecule has 5 nitrogen and oxygen atoms in total. The average Bonchev–Trinajstić information content (AvgIpc) is 3.91. The summed E-state index contributed by atoms with van der Waals surface area (Å²) in [7, 11) is 0. The van der Waals surface area contributed by atoms with Gasteiger partial charge in [0.15, 0.2) is 0 Å². The van der Waals surface area contributed by atoms with Gasteiger partial charge in [0, 0.05) is 41.3 Å². The van der Waals surface area contributed by atoms with E-state index in [9.17, 15) is 0 Å². The van der Waals surface area contributed by atoms with Crippen molar-refractivity contribution < 1.29 is 18.4 Å². The van der Waals surface area contributed by atoms with Crippen LogP contribution < -0.4 is 14.5 Å². The molecular weight excluding hydrogens is 745 g/mol. The first-order valence-electron chi connectivity index (χ1n) is 25.7. The fourth-order valence-electron chi connectivity index (χ4n) is 8.51. The van der Waals surface area contributed by atoms with Gasteiger partial charge in [0.2, 0.25) is 0 Å². The molecule has 0 aliphatic carbocycles. The molecule has 0 unspecified atom stereocenters. The molecule has 0 radical (unpaired) electrons. The lowest BCUT2D eigenvalue weighted by molar-refractivity contribution is 0.483. The molecule has 7 aromatic carbocycles. The van der Waals surface area contributed by atoms with Gasteiger partial charge in [-0.15, -0.1) is 0 Å². The van der Waals surface area contributed by atoms with Crippen LogP contribution in [-0.4, -0.2) is 22.8 Å². The first-order chi connectivity index (χ1) is 34.0. The molecule has 0 N–H and O–H groups in total. The van der Waals surface area contributed by atoms with Crippen molar-refractivity contribution in [3.8, 4) is 39.6 Å². The zero-order valence-electron chi connectivity index (χ0n) is 44.4. The maximum atomic E-state index is 8.83. The molecule has 2 aromatic heterocycles. The van der Waals surface area contributed by atoms with Crippen molar-refractivity contribution in [2.45, 2.75) is 45.4 Å². The number of aromatic nitrogens is 2. The fraction of sp³-hybridized carbons (Fsp3) is 0.161. The Morgan fingerprint density at radius 3 is 2.05 bits per heavy atom. The Morgan fingerprint density at radius 1 is 0.623 bits per heavy atom. The van der Waals surface area contributed by atoms with Gasteiger partial charge in [-0.25, -0.2) is 4.98 Å². The van der Waals surface area contributed by atoms with E-state index in [1.54, 1.807) is 18.2 Å². The molecule has 0 saturated heterocycles. The summed E-state index contributed by atoms with van der Waals surface area (Å²) in [6.07, 6.45) is 3.46. The van der Waals surface area contributed by atoms with Gasteiger partial charge in [-0.05, 0) is 113 Å². The minimum Gasteiger partial charge on any atom is -0.457 e. The Balaban J connectivity index is 0.921. The quantitative estimate of drug-likeness (QED) is 0.122. The Hall–Kier alpha value is -7.11. The number of nitrogens with zero attached hydrogens (tertiary/aromatic N) is 4. The number of pyridine rings is 1. The molecule has 1 aliphatic rings. The van der Waals surface area contributed by atoms with E-state index in [0.717, 1.165) is 44.7 Å². The van der Waals surface area contributed by atoms with E-state index >= 15 is 0 Å². The van der Waals surface area contributed by atoms with E-state index < -0.39 is 36.3 Å². The van der Waals surface area contributed by atoms with Crippen molar-refractivity contribution in [3.63, 3.8) is 0 Å². The van der Waals surface area contributed by atoms with E-state index in [4.69, 9.17) is 23.4 Å². The van der Waals surface area contributed by atoms with Gasteiger partial charge in [-0.2, -0.15) is 0 Å². The number of anilines is 3. The highest BCUT2D eigenvalue weighted by atomic mass is 16.5. The molecule has 9 aromatic rings. The summed E-state index contributed by atoms with van der Waals surface area (Å²) < 4.78 is 94.3. The van der Waals surface area contributed by atoms with E-state index in [1.807, 2.05) is 42.6 Å². The van der Waals surface area contributed by atoms with Gasteiger partial charge in [-0.3, -0.25) is 4.57 Å². The molecule has 5 heteroatoms. The number of para-hydroxylation sites is 3. The van der Waals surface area contributed by atoms with Gasteiger partial charge in [0.1, 0.15) is 17.3 Å². The molecule has 0 bridgehead atoms. The zero-order chi connectivity index (χ0) is 50.0. The predicted octanol–water partition coefficient (Wildman–Crippen LogP) is 14.5. The summed E-state index contributed by atoms with van der Waals surface area (Å²) in [5, 5.41) is 2.23. The van der Waals surface area contributed by atoms with E-state index in [2.05, 4.69) is 102 Å². The smallest absolute Gasteiger partial charge is 0.137 e. The summed E-state index contributed by atoms with van der Waals surface area (Å²) in [5.74, 6) is 2.22. The SMILES string of the molecule is [2H]c1c([2H])c([2H])c(-c2cccc(-c3c([2H])c([2H])c([2H])c([2H])c3[2H])c2CCCCN2CN(c3cccc(Oc4ccc5c6ccccc6n(-c6cc(C(C)(C)C)ccn6)c5c4)c3)c3ccccc32)c([2H])c1[2H]. The number of fused-ring (bicyclic) bond motifs is 4. The fourth-order valence-corrected chi connectivity index (χ4v) is 8.51. The third kappa shape index (κ3) is 7.53. The van der Waals surface area contributed by atoms with Crippen molar-refractivity contribution in [1.29, 1.82) is 0 Å². The first kappa shape index (κ1) is 28.4. The molecule has 3 heterocycles. The lowest BCUT2D eigenvalue weighted by atomic mass is 9.88. The number of unbranched alkanes of at least 4 members (excludes halogenated alkanes) is 1. The first-order valence-corrected chi connectivity index (χ1v) is 20.7. The van der Waals surface area contributed by atoms with Gasteiger partial charge in [0.25, 0.3) is 0 Å². The second-order valence-corrected chi connectivity index (χ2v) is 16.4. The monoisotopic (exact) mass is 804 g/mol. The summed E-state index contributed by atoms with van der Waals surface area (Å²) in [6, 6.07) is 35.6. The molecule has 0 saturated carbocycles. The number of benzene rings is 7. The number of ether oxygens (including phenoxy) is 1. The second-order valence-electron chi connectivity index (χ2n) is 16.4. The van der Waals surface area contributed by atoms with Gasteiger partial charge >= 0.3 is 0 Å². The van der Waals surface area contributed by atoms with Crippen molar-refractivity contribution in [3.05, 3.63) is 199 Å². The topological polar surface area (TPSA) is 33.5 Å². The lowest BCUT2D eigenvalue weighted by Crippen LogP contribution is -2.28. The summed E-state index contributed by atoms with van der Waals surface area (Å²) in [4.78, 5) is 9.39. The van der Waals surface area contributed by atoms with Crippen LogP contribution in [0.25, 0.3) is 49.9 Å². The molecule has 0 fully saturated rings. The molecule has 300 valence electrons. The summed E-state index contributed by atoms with van der Waals surface area (Å²) in [6.45, 7) is 7.81. The molecule has 1 aliphatic heterocycles. The van der Waals surface area contributed by atoms with Crippen molar-refractivity contribution >= 4 is 38.9 Å². The highest BCUT2D eigenvalue weighted by Crippen LogP contribution is 2.43. The number of hydrogen-bond donors (Lipinski definition) is 0. The Kier molecular flexibility index (Phi) is 7.51. The maximum Gasteiger partial charge on any atom is 0.137 e. The molecular formula is C56H50N4O. The van der Waals surface area contributed by atoms with Crippen LogP contribution in [0, 0.1) is 0 Å². The second kappa shape index (κ2) is 16.2. The largest absolute Gasteiger partial charge is 0.457 e. The molecule has 10 rings (SSSR count). The van der Waals surface area contributed by atoms with Crippen LogP contribution in [0.5, 0.6) is 11.5 Å². The summed E-state index contributed by atoms with van der Waals surface area (Å²) >= 11 is 0. The third-order valence-electron chi connectivity index (χ3n) is 11.5. The minimum absolute atomic E-state index is 0.00144. The Bertz CT molecular complexity index is 3440. The Labute approximate surface area is 373 Å². The van der Waals surface area contributed by atoms with Gasteiger partial charge < -0.3 is 14.5 Å². The number of hydrogen-bond acceptors (Lipinski definition) is 4. The van der Waals surface area contributed by atoms with Crippen molar-refractivity contribution in [2.75, 3.05) is 23.0 Å². The van der Waals surface area contributed by atoms with Crippen molar-refractivity contribution in [1.82, 2.24) is 9.55 Å². The van der Waals surface area contributed by atoms with Crippen LogP contribution >= 0.6 is 0 Å². The lowest BCUT2D eigenvalue weighted by Gasteiger charge is -2.23. The van der Waals surface area contributed by atoms with Crippen LogP contribution in [0.1, 0.15) is 58.4 Å². The van der Waals surface area contributed by atoms with Crippen LogP contribution in [-0.2, 0) is 11.8 Å². The van der Waals surface area contributed by atoms with E-state index in [1.165, 1.54) is 5.56 Å². The van der Waals surface area contributed by atoms with Crippen LogP contribution in [0.15, 0.2) is 188 Å². The van der Waals surface area contributed by atoms with Gasteiger partial charge in [-0.1, -0.05) is 136 Å². The summed E-state index contributed by atoms with van der Waals surface area (Å²) in [5.41, 5.74) is 7.49. The normalized spacial score (nSPS) is 14.9. The van der Waals surface area contributed by atoms with E-state index in [-0.39, 0.29) is 40.7 Å². The zero-order valence-corrected chi connectivity index (χ0v) is 34.4. The number of rotatable bonds is 11. The molecule has 61 heavy (non-hydrogen) atoms. The standard InChI is InChI=1S/C56H50N4O/c1-56(2,3)42-33-34-57-55(36-42)60-51-28-11-10-25-49(51)50-32-31-45(38-54(50)60)61-44-23-16-22-43(37-44)59-39-58(52-29-12-13-30-53(52)59)35-15-14-24-48-46(40-18-6-4-7-19-40)26-17-27-47(48)41-20-8-5-9-21-41/h4-13,16-23,25-34,36-38H,14-15,24,35,39H2,1-3H3/i4D,5D,6D,7D,8D,9D,18D,19D,20D,21D. The molecule has 0 spiro atoms. The van der Waals surface area contributed by atoms with Crippen LogP contribution in [0.3, 0.4) is 0 Å². The van der Waals surface area contributed by atoms with Crippen LogP contribution in [0.4, 0.5) is 17.1 Å². The highest BCUT2D eigenvalue weighted by molar-refractivity contribution is 6.09. The highest BCUT2D eigenvalue weighted by Gasteiger charge is 2.27. The van der Waals surface area contributed by atoms with E-state index in [0.29, 0.717) is 60.7 Å². The van der Waals surface area contributed by atoms with Crippen molar-refractivity contribution in [2.24, 2.45) is 0 Å². The molecule has 0 amide bonds.